The highest BCUT2D eigenvalue weighted by Crippen LogP contribution is 2.44. The lowest BCUT2D eigenvalue weighted by atomic mass is 10.0. The van der Waals surface area contributed by atoms with Crippen LogP contribution in [-0.2, 0) is 0 Å². The second-order valence-electron chi connectivity index (χ2n) is 5.64. The molecule has 0 spiro atoms. The van der Waals surface area contributed by atoms with E-state index in [1.807, 2.05) is 25.4 Å². The number of para-hydroxylation sites is 1. The predicted molar refractivity (Wildman–Crippen MR) is 87.7 cm³/mol. The smallest absolute Gasteiger partial charge is 0.159 e. The molecule has 2 heterocycles. The van der Waals surface area contributed by atoms with Crippen molar-refractivity contribution < 1.29 is 4.42 Å². The fourth-order valence-electron chi connectivity index (χ4n) is 3.27. The zero-order valence-corrected chi connectivity index (χ0v) is 12.3. The molecule has 106 valence electrons. The van der Waals surface area contributed by atoms with E-state index in [9.17, 15) is 0 Å². The third kappa shape index (κ3) is 1.74. The maximum atomic E-state index is 6.16. The number of benzene rings is 2. The first-order valence-corrected chi connectivity index (χ1v) is 7.34. The second kappa shape index (κ2) is 4.55. The zero-order chi connectivity index (χ0) is 14.4. The molecule has 0 radical (unpaired) electrons. The molecule has 1 unspecified atom stereocenters. The molecule has 0 saturated heterocycles. The van der Waals surface area contributed by atoms with E-state index in [0.29, 0.717) is 5.92 Å². The van der Waals surface area contributed by atoms with Crippen LogP contribution in [0.4, 0.5) is 5.69 Å². The maximum Gasteiger partial charge on any atom is 0.159 e. The fraction of sp³-hybridized carbons (Fsp3) is 0.222. The first kappa shape index (κ1) is 12.3. The Kier molecular flexibility index (Phi) is 2.67. The van der Waals surface area contributed by atoms with Crippen LogP contribution in [0.25, 0.3) is 21.9 Å². The number of anilines is 1. The van der Waals surface area contributed by atoms with Crippen LogP contribution in [0.5, 0.6) is 0 Å². The van der Waals surface area contributed by atoms with Gasteiger partial charge in [0.1, 0.15) is 5.58 Å². The maximum absolute atomic E-state index is 6.16. The van der Waals surface area contributed by atoms with Crippen LogP contribution < -0.4 is 10.2 Å². The van der Waals surface area contributed by atoms with Gasteiger partial charge in [-0.15, -0.1) is 0 Å². The standard InChI is InChI=1S/C18H18N2O/c1-12-11-20(10-9-19-2)17-13(12)7-8-15-14-5-3-4-6-16(14)21-18(15)17/h3-10,12,19H,11H2,1-2H3/b10-9-. The predicted octanol–water partition coefficient (Wildman–Crippen LogP) is 4.20. The van der Waals surface area contributed by atoms with Crippen LogP contribution in [0.2, 0.25) is 0 Å². The van der Waals surface area contributed by atoms with Crippen LogP contribution in [0, 0.1) is 0 Å². The summed E-state index contributed by atoms with van der Waals surface area (Å²) >= 11 is 0. The number of hydrogen-bond acceptors (Lipinski definition) is 3. The molecular weight excluding hydrogens is 260 g/mol. The molecule has 21 heavy (non-hydrogen) atoms. The summed E-state index contributed by atoms with van der Waals surface area (Å²) in [5.41, 5.74) is 4.53. The molecule has 3 nitrogen and oxygen atoms in total. The number of hydrogen-bond donors (Lipinski definition) is 1. The molecule has 4 rings (SSSR count). The van der Waals surface area contributed by atoms with E-state index in [2.05, 4.69) is 47.6 Å². The highest BCUT2D eigenvalue weighted by atomic mass is 16.3. The minimum Gasteiger partial charge on any atom is -0.454 e. The van der Waals surface area contributed by atoms with E-state index in [0.717, 1.165) is 17.7 Å². The van der Waals surface area contributed by atoms with E-state index < -0.39 is 0 Å². The van der Waals surface area contributed by atoms with Crippen molar-refractivity contribution >= 4 is 27.6 Å². The lowest BCUT2D eigenvalue weighted by Gasteiger charge is -2.14. The molecule has 3 aromatic rings. The van der Waals surface area contributed by atoms with Gasteiger partial charge in [0.05, 0.1) is 5.69 Å². The quantitative estimate of drug-likeness (QED) is 0.761. The number of rotatable bonds is 2. The van der Waals surface area contributed by atoms with Gasteiger partial charge in [0.15, 0.2) is 5.58 Å². The van der Waals surface area contributed by atoms with Gasteiger partial charge in [0, 0.05) is 42.7 Å². The number of nitrogens with one attached hydrogen (secondary N) is 1. The third-order valence-corrected chi connectivity index (χ3v) is 4.26. The Morgan fingerprint density at radius 2 is 2.05 bits per heavy atom. The Bertz CT molecular complexity index is 847. The summed E-state index contributed by atoms with van der Waals surface area (Å²) in [6.07, 6.45) is 4.05. The Balaban J connectivity index is 2.02. The molecule has 1 N–H and O–H groups in total. The molecular formula is C18H18N2O. The van der Waals surface area contributed by atoms with E-state index >= 15 is 0 Å². The molecule has 1 atom stereocenters. The Hall–Kier alpha value is -2.42. The van der Waals surface area contributed by atoms with Crippen LogP contribution in [0.1, 0.15) is 18.4 Å². The molecule has 3 heteroatoms. The minimum atomic E-state index is 0.513. The van der Waals surface area contributed by atoms with Gasteiger partial charge in [0.25, 0.3) is 0 Å². The van der Waals surface area contributed by atoms with Crippen molar-refractivity contribution in [1.29, 1.82) is 0 Å². The summed E-state index contributed by atoms with van der Waals surface area (Å²) < 4.78 is 6.16. The largest absolute Gasteiger partial charge is 0.454 e. The monoisotopic (exact) mass is 278 g/mol. The van der Waals surface area contributed by atoms with Crippen molar-refractivity contribution in [2.24, 2.45) is 0 Å². The topological polar surface area (TPSA) is 28.4 Å². The van der Waals surface area contributed by atoms with Gasteiger partial charge < -0.3 is 14.6 Å². The summed E-state index contributed by atoms with van der Waals surface area (Å²) in [6, 6.07) is 12.7. The highest BCUT2D eigenvalue weighted by Gasteiger charge is 2.28. The van der Waals surface area contributed by atoms with Gasteiger partial charge in [-0.05, 0) is 11.6 Å². The molecule has 1 aliphatic rings. The first-order chi connectivity index (χ1) is 10.3. The van der Waals surface area contributed by atoms with Crippen molar-refractivity contribution in [3.8, 4) is 0 Å². The lowest BCUT2D eigenvalue weighted by molar-refractivity contribution is 0.668. The zero-order valence-electron chi connectivity index (χ0n) is 12.3. The fourth-order valence-corrected chi connectivity index (χ4v) is 3.27. The number of nitrogens with zero attached hydrogens (tertiary/aromatic N) is 1. The lowest BCUT2D eigenvalue weighted by Crippen LogP contribution is -2.14. The van der Waals surface area contributed by atoms with Crippen LogP contribution >= 0.6 is 0 Å². The molecule has 0 amide bonds. The number of fused-ring (bicyclic) bond motifs is 5. The molecule has 0 fully saturated rings. The Morgan fingerprint density at radius 3 is 2.90 bits per heavy atom. The average molecular weight is 278 g/mol. The highest BCUT2D eigenvalue weighted by molar-refractivity contribution is 6.10. The average Bonchev–Trinajstić information content (AvgIpc) is 3.03. The van der Waals surface area contributed by atoms with Crippen molar-refractivity contribution in [2.45, 2.75) is 12.8 Å². The van der Waals surface area contributed by atoms with Crippen molar-refractivity contribution in [3.63, 3.8) is 0 Å². The van der Waals surface area contributed by atoms with Crippen LogP contribution in [0.3, 0.4) is 0 Å². The van der Waals surface area contributed by atoms with E-state index in [1.165, 1.54) is 22.0 Å². The van der Waals surface area contributed by atoms with Gasteiger partial charge in [-0.25, -0.2) is 0 Å². The summed E-state index contributed by atoms with van der Waals surface area (Å²) in [7, 11) is 1.92. The van der Waals surface area contributed by atoms with Gasteiger partial charge in [-0.2, -0.15) is 0 Å². The van der Waals surface area contributed by atoms with Gasteiger partial charge in [-0.3, -0.25) is 0 Å². The molecule has 1 aliphatic heterocycles. The second-order valence-corrected chi connectivity index (χ2v) is 5.64. The van der Waals surface area contributed by atoms with E-state index in [-0.39, 0.29) is 0 Å². The summed E-state index contributed by atoms with van der Waals surface area (Å²) in [6.45, 7) is 3.25. The Morgan fingerprint density at radius 1 is 1.19 bits per heavy atom. The van der Waals surface area contributed by atoms with Gasteiger partial charge >= 0.3 is 0 Å². The van der Waals surface area contributed by atoms with Gasteiger partial charge in [-0.1, -0.05) is 37.3 Å². The van der Waals surface area contributed by atoms with E-state index in [4.69, 9.17) is 4.42 Å². The summed E-state index contributed by atoms with van der Waals surface area (Å²) in [4.78, 5) is 2.28. The molecule has 0 aliphatic carbocycles. The van der Waals surface area contributed by atoms with Crippen LogP contribution in [-0.4, -0.2) is 13.6 Å². The first-order valence-electron chi connectivity index (χ1n) is 7.34. The van der Waals surface area contributed by atoms with Crippen LogP contribution in [0.15, 0.2) is 53.2 Å². The molecule has 2 aromatic carbocycles. The van der Waals surface area contributed by atoms with Crippen molar-refractivity contribution in [1.82, 2.24) is 5.32 Å². The summed E-state index contributed by atoms with van der Waals surface area (Å²) in [5, 5.41) is 5.45. The Labute approximate surface area is 123 Å². The normalized spacial score (nSPS) is 18.0. The molecule has 0 bridgehead atoms. The summed E-state index contributed by atoms with van der Waals surface area (Å²) in [5.74, 6) is 0.513. The van der Waals surface area contributed by atoms with Gasteiger partial charge in [0.2, 0.25) is 0 Å². The third-order valence-electron chi connectivity index (χ3n) is 4.26. The van der Waals surface area contributed by atoms with Crippen molar-refractivity contribution in [3.05, 3.63) is 54.4 Å². The van der Waals surface area contributed by atoms with Crippen molar-refractivity contribution in [2.75, 3.05) is 18.5 Å². The SMILES string of the molecule is CN/C=C\N1CC(C)c2ccc3c(oc4ccccc43)c21. The minimum absolute atomic E-state index is 0.513. The molecule has 1 aromatic heterocycles. The molecule has 0 saturated carbocycles. The number of furan rings is 1. The van der Waals surface area contributed by atoms with E-state index in [1.54, 1.807) is 0 Å².